The first-order valence-electron chi connectivity index (χ1n) is 7.13. The van der Waals surface area contributed by atoms with Gasteiger partial charge in [0, 0.05) is 16.6 Å². The van der Waals surface area contributed by atoms with E-state index in [-0.39, 0.29) is 12.3 Å². The molecule has 0 fully saturated rings. The Bertz CT molecular complexity index is 695. The van der Waals surface area contributed by atoms with Gasteiger partial charge in [0.2, 0.25) is 5.91 Å². The Morgan fingerprint density at radius 3 is 2.12 bits per heavy atom. The third-order valence-electron chi connectivity index (χ3n) is 3.42. The van der Waals surface area contributed by atoms with Crippen molar-refractivity contribution in [1.82, 2.24) is 5.32 Å². The van der Waals surface area contributed by atoms with E-state index in [0.717, 1.165) is 12.1 Å². The predicted octanol–water partition coefficient (Wildman–Crippen LogP) is 4.91. The molecule has 0 radical (unpaired) electrons. The first-order chi connectivity index (χ1) is 11.3. The molecule has 0 saturated heterocycles. The van der Waals surface area contributed by atoms with Crippen LogP contribution in [0.5, 0.6) is 0 Å². The average Bonchev–Trinajstić information content (AvgIpc) is 2.51. The van der Waals surface area contributed by atoms with E-state index in [1.165, 1.54) is 12.1 Å². The molecular formula is C17H14Cl2F3NO. The summed E-state index contributed by atoms with van der Waals surface area (Å²) in [7, 11) is 0. The Balaban J connectivity index is 1.85. The van der Waals surface area contributed by atoms with Crippen LogP contribution in [0.2, 0.25) is 10.0 Å². The number of benzene rings is 2. The highest BCUT2D eigenvalue weighted by molar-refractivity contribution is 6.36. The summed E-state index contributed by atoms with van der Waals surface area (Å²) >= 11 is 12.0. The molecule has 1 amide bonds. The van der Waals surface area contributed by atoms with Crippen molar-refractivity contribution in [1.29, 1.82) is 0 Å². The molecule has 0 aliphatic rings. The summed E-state index contributed by atoms with van der Waals surface area (Å²) in [5.41, 5.74) is 0.565. The molecule has 2 aromatic rings. The maximum atomic E-state index is 12.5. The Labute approximate surface area is 147 Å². The van der Waals surface area contributed by atoms with Crippen LogP contribution in [0.15, 0.2) is 42.5 Å². The molecule has 0 aliphatic carbocycles. The fraction of sp³-hybridized carbons (Fsp3) is 0.235. The Morgan fingerprint density at radius 2 is 1.58 bits per heavy atom. The lowest BCUT2D eigenvalue weighted by atomic mass is 10.1. The van der Waals surface area contributed by atoms with Crippen LogP contribution in [0.25, 0.3) is 0 Å². The Morgan fingerprint density at radius 1 is 1.00 bits per heavy atom. The maximum absolute atomic E-state index is 12.5. The predicted molar refractivity (Wildman–Crippen MR) is 88.3 cm³/mol. The molecule has 0 saturated carbocycles. The molecule has 24 heavy (non-hydrogen) atoms. The standard InChI is InChI=1S/C17H14Cl2F3NO/c18-14-2-1-3-15(19)13(14)10-16(24)23-9-8-11-4-6-12(7-5-11)17(20,21)22/h1-7H,8-10H2,(H,23,24). The SMILES string of the molecule is O=C(Cc1c(Cl)cccc1Cl)NCCc1ccc(C(F)(F)F)cc1. The van der Waals surface area contributed by atoms with E-state index in [1.54, 1.807) is 18.2 Å². The number of amides is 1. The van der Waals surface area contributed by atoms with Gasteiger partial charge < -0.3 is 5.32 Å². The van der Waals surface area contributed by atoms with Gasteiger partial charge in [-0.2, -0.15) is 13.2 Å². The van der Waals surface area contributed by atoms with Crippen LogP contribution in [0.1, 0.15) is 16.7 Å². The second-order valence-corrected chi connectivity index (χ2v) is 5.99. The molecule has 128 valence electrons. The van der Waals surface area contributed by atoms with E-state index >= 15 is 0 Å². The highest BCUT2D eigenvalue weighted by Gasteiger charge is 2.29. The zero-order valence-electron chi connectivity index (χ0n) is 12.5. The topological polar surface area (TPSA) is 29.1 Å². The van der Waals surface area contributed by atoms with Gasteiger partial charge in [0.15, 0.2) is 0 Å². The van der Waals surface area contributed by atoms with Crippen LogP contribution in [0.3, 0.4) is 0 Å². The van der Waals surface area contributed by atoms with E-state index in [4.69, 9.17) is 23.2 Å². The number of hydrogen-bond acceptors (Lipinski definition) is 1. The number of carbonyl (C=O) groups excluding carboxylic acids is 1. The molecule has 2 rings (SSSR count). The third-order valence-corrected chi connectivity index (χ3v) is 4.12. The highest BCUT2D eigenvalue weighted by Crippen LogP contribution is 2.29. The fourth-order valence-corrected chi connectivity index (χ4v) is 2.66. The van der Waals surface area contributed by atoms with Gasteiger partial charge in [0.25, 0.3) is 0 Å². The number of hydrogen-bond donors (Lipinski definition) is 1. The van der Waals surface area contributed by atoms with Gasteiger partial charge >= 0.3 is 6.18 Å². The Hall–Kier alpha value is -1.72. The average molecular weight is 376 g/mol. The first-order valence-corrected chi connectivity index (χ1v) is 7.88. The minimum Gasteiger partial charge on any atom is -0.355 e. The van der Waals surface area contributed by atoms with Crippen LogP contribution in [-0.2, 0) is 23.8 Å². The van der Waals surface area contributed by atoms with Crippen molar-refractivity contribution in [3.05, 3.63) is 69.2 Å². The molecule has 0 bridgehead atoms. The van der Waals surface area contributed by atoms with Crippen LogP contribution in [-0.4, -0.2) is 12.5 Å². The lowest BCUT2D eigenvalue weighted by molar-refractivity contribution is -0.137. The van der Waals surface area contributed by atoms with Gasteiger partial charge in [-0.15, -0.1) is 0 Å². The lowest BCUT2D eigenvalue weighted by Crippen LogP contribution is -2.27. The quantitative estimate of drug-likeness (QED) is 0.789. The zero-order valence-corrected chi connectivity index (χ0v) is 14.0. The molecule has 0 atom stereocenters. The van der Waals surface area contributed by atoms with Crippen molar-refractivity contribution < 1.29 is 18.0 Å². The van der Waals surface area contributed by atoms with Gasteiger partial charge in [0.1, 0.15) is 0 Å². The van der Waals surface area contributed by atoms with E-state index in [9.17, 15) is 18.0 Å². The molecule has 1 N–H and O–H groups in total. The van der Waals surface area contributed by atoms with Crippen molar-refractivity contribution in [2.45, 2.75) is 19.0 Å². The largest absolute Gasteiger partial charge is 0.416 e. The summed E-state index contributed by atoms with van der Waals surface area (Å²) in [6.45, 7) is 0.312. The Kier molecular flexibility index (Phi) is 6.13. The van der Waals surface area contributed by atoms with Crippen LogP contribution in [0, 0.1) is 0 Å². The smallest absolute Gasteiger partial charge is 0.355 e. The molecular weight excluding hydrogens is 362 g/mol. The number of carbonyl (C=O) groups is 1. The van der Waals surface area contributed by atoms with Gasteiger partial charge in [-0.1, -0.05) is 41.4 Å². The normalized spacial score (nSPS) is 11.4. The molecule has 2 aromatic carbocycles. The summed E-state index contributed by atoms with van der Waals surface area (Å²) in [4.78, 5) is 11.9. The molecule has 0 unspecified atom stereocenters. The number of halogens is 5. The maximum Gasteiger partial charge on any atom is 0.416 e. The molecule has 7 heteroatoms. The van der Waals surface area contributed by atoms with Crippen molar-refractivity contribution >= 4 is 29.1 Å². The molecule has 0 heterocycles. The van der Waals surface area contributed by atoms with Gasteiger partial charge in [-0.05, 0) is 41.8 Å². The third kappa shape index (κ3) is 5.14. The van der Waals surface area contributed by atoms with Gasteiger partial charge in [-0.25, -0.2) is 0 Å². The summed E-state index contributed by atoms with van der Waals surface area (Å²) in [5, 5.41) is 3.53. The number of nitrogens with one attached hydrogen (secondary N) is 1. The van der Waals surface area contributed by atoms with Crippen molar-refractivity contribution in [2.75, 3.05) is 6.54 Å². The van der Waals surface area contributed by atoms with Crippen molar-refractivity contribution in [2.24, 2.45) is 0 Å². The van der Waals surface area contributed by atoms with E-state index in [1.807, 2.05) is 0 Å². The summed E-state index contributed by atoms with van der Waals surface area (Å²) in [5.74, 6) is -0.253. The lowest BCUT2D eigenvalue weighted by Gasteiger charge is -2.09. The summed E-state index contributed by atoms with van der Waals surface area (Å²) in [6, 6.07) is 9.86. The van der Waals surface area contributed by atoms with Crippen LogP contribution >= 0.6 is 23.2 Å². The van der Waals surface area contributed by atoms with E-state index < -0.39 is 11.7 Å². The number of rotatable bonds is 5. The van der Waals surface area contributed by atoms with Gasteiger partial charge in [0.05, 0.1) is 12.0 Å². The van der Waals surface area contributed by atoms with Crippen molar-refractivity contribution in [3.8, 4) is 0 Å². The molecule has 2 nitrogen and oxygen atoms in total. The monoisotopic (exact) mass is 375 g/mol. The van der Waals surface area contributed by atoms with E-state index in [2.05, 4.69) is 5.32 Å². The van der Waals surface area contributed by atoms with Gasteiger partial charge in [-0.3, -0.25) is 4.79 Å². The van der Waals surface area contributed by atoms with Crippen LogP contribution in [0.4, 0.5) is 13.2 Å². The minimum absolute atomic E-state index is 0.0471. The summed E-state index contributed by atoms with van der Waals surface area (Å²) in [6.07, 6.45) is -3.87. The summed E-state index contributed by atoms with van der Waals surface area (Å²) < 4.78 is 37.4. The zero-order chi connectivity index (χ0) is 17.7. The second kappa shape index (κ2) is 7.90. The molecule has 0 aromatic heterocycles. The van der Waals surface area contributed by atoms with Crippen molar-refractivity contribution in [3.63, 3.8) is 0 Å². The first kappa shape index (κ1) is 18.6. The second-order valence-electron chi connectivity index (χ2n) is 5.17. The van der Waals surface area contributed by atoms with E-state index in [0.29, 0.717) is 34.1 Å². The van der Waals surface area contributed by atoms with Crippen LogP contribution < -0.4 is 5.32 Å². The fourth-order valence-electron chi connectivity index (χ4n) is 2.13. The minimum atomic E-state index is -4.35. The highest BCUT2D eigenvalue weighted by atomic mass is 35.5. The number of alkyl halides is 3. The molecule has 0 aliphatic heterocycles. The molecule has 0 spiro atoms.